The van der Waals surface area contributed by atoms with Gasteiger partial charge in [0.25, 0.3) is 5.56 Å². The van der Waals surface area contributed by atoms with Gasteiger partial charge in [-0.3, -0.25) is 4.79 Å². The Morgan fingerprint density at radius 3 is 2.63 bits per heavy atom. The molecule has 0 saturated heterocycles. The number of H-pyrrole nitrogens is 1. The first-order valence-corrected chi connectivity index (χ1v) is 7.48. The van der Waals surface area contributed by atoms with Crippen LogP contribution in [0.5, 0.6) is 5.88 Å². The largest absolute Gasteiger partial charge is 0.493 e. The van der Waals surface area contributed by atoms with Crippen LogP contribution < -0.4 is 5.56 Å². The van der Waals surface area contributed by atoms with Crippen molar-refractivity contribution in [2.24, 2.45) is 5.92 Å². The van der Waals surface area contributed by atoms with Crippen LogP contribution in [0.4, 0.5) is 0 Å². The van der Waals surface area contributed by atoms with Crippen molar-refractivity contribution in [2.45, 2.75) is 31.8 Å². The summed E-state index contributed by atoms with van der Waals surface area (Å²) in [6, 6.07) is 0. The Morgan fingerprint density at radius 1 is 1.42 bits per heavy atom. The number of nitrogens with zero attached hydrogens (tertiary/aromatic N) is 2. The van der Waals surface area contributed by atoms with Crippen molar-refractivity contribution >= 4 is 11.8 Å². The average Bonchev–Trinajstić information content (AvgIpc) is 2.26. The van der Waals surface area contributed by atoms with E-state index in [1.54, 1.807) is 0 Å². The molecule has 0 radical (unpaired) electrons. The maximum absolute atomic E-state index is 11.9. The number of aromatic nitrogens is 2. The fourth-order valence-corrected chi connectivity index (χ4v) is 2.48. The molecule has 6 heteroatoms. The van der Waals surface area contributed by atoms with Crippen molar-refractivity contribution in [1.82, 2.24) is 14.9 Å². The van der Waals surface area contributed by atoms with Crippen LogP contribution in [0, 0.1) is 5.92 Å². The molecule has 0 atom stereocenters. The molecule has 0 aliphatic heterocycles. The quantitative estimate of drug-likeness (QED) is 0.590. The SMILES string of the molecule is CC(C)CCc1c(O)nc(SCCN(C)C)[nH]c1=O. The van der Waals surface area contributed by atoms with Gasteiger partial charge in [0.1, 0.15) is 0 Å². The molecule has 1 aromatic heterocycles. The van der Waals surface area contributed by atoms with Gasteiger partial charge >= 0.3 is 0 Å². The van der Waals surface area contributed by atoms with Crippen molar-refractivity contribution in [1.29, 1.82) is 0 Å². The van der Waals surface area contributed by atoms with E-state index >= 15 is 0 Å². The standard InChI is InChI=1S/C13H23N3O2S/c1-9(2)5-6-10-11(17)14-13(15-12(10)18)19-8-7-16(3)4/h9H,5-8H2,1-4H3,(H2,14,15,17,18). The summed E-state index contributed by atoms with van der Waals surface area (Å²) < 4.78 is 0. The third-order valence-electron chi connectivity index (χ3n) is 2.72. The van der Waals surface area contributed by atoms with Gasteiger partial charge in [-0.25, -0.2) is 0 Å². The van der Waals surface area contributed by atoms with Crippen LogP contribution in [0.15, 0.2) is 9.95 Å². The number of rotatable bonds is 7. The minimum atomic E-state index is -0.222. The summed E-state index contributed by atoms with van der Waals surface area (Å²) in [6.07, 6.45) is 1.43. The molecular weight excluding hydrogens is 262 g/mol. The summed E-state index contributed by atoms with van der Waals surface area (Å²) in [5.74, 6) is 1.19. The van der Waals surface area contributed by atoms with E-state index in [0.29, 0.717) is 23.1 Å². The molecule has 1 rings (SSSR count). The van der Waals surface area contributed by atoms with Crippen LogP contribution in [0.1, 0.15) is 25.8 Å². The van der Waals surface area contributed by atoms with Gasteiger partial charge < -0.3 is 15.0 Å². The first-order valence-electron chi connectivity index (χ1n) is 6.49. The summed E-state index contributed by atoms with van der Waals surface area (Å²) in [5, 5.41) is 10.3. The van der Waals surface area contributed by atoms with Gasteiger partial charge in [0.2, 0.25) is 5.88 Å². The molecule has 0 aromatic carbocycles. The highest BCUT2D eigenvalue weighted by atomic mass is 32.2. The lowest BCUT2D eigenvalue weighted by atomic mass is 10.0. The van der Waals surface area contributed by atoms with E-state index in [4.69, 9.17) is 0 Å². The van der Waals surface area contributed by atoms with Gasteiger partial charge in [0.05, 0.1) is 5.56 Å². The van der Waals surface area contributed by atoms with E-state index in [1.807, 2.05) is 14.1 Å². The van der Waals surface area contributed by atoms with Crippen molar-refractivity contribution in [3.05, 3.63) is 15.9 Å². The Labute approximate surface area is 118 Å². The summed E-state index contributed by atoms with van der Waals surface area (Å²) in [7, 11) is 3.98. The van der Waals surface area contributed by atoms with Gasteiger partial charge in [-0.05, 0) is 32.9 Å². The van der Waals surface area contributed by atoms with Crippen molar-refractivity contribution in [2.75, 3.05) is 26.4 Å². The maximum atomic E-state index is 11.9. The van der Waals surface area contributed by atoms with Crippen molar-refractivity contribution in [3.8, 4) is 5.88 Å². The minimum Gasteiger partial charge on any atom is -0.493 e. The predicted molar refractivity (Wildman–Crippen MR) is 79.0 cm³/mol. The molecule has 0 unspecified atom stereocenters. The molecule has 0 spiro atoms. The topological polar surface area (TPSA) is 69.2 Å². The zero-order valence-electron chi connectivity index (χ0n) is 12.1. The van der Waals surface area contributed by atoms with Crippen LogP contribution in [-0.2, 0) is 6.42 Å². The van der Waals surface area contributed by atoms with Gasteiger partial charge in [0.15, 0.2) is 5.16 Å². The van der Waals surface area contributed by atoms with Gasteiger partial charge in [-0.15, -0.1) is 0 Å². The Bertz CT molecular complexity index is 458. The third kappa shape index (κ3) is 5.65. The highest BCUT2D eigenvalue weighted by molar-refractivity contribution is 7.99. The lowest BCUT2D eigenvalue weighted by Crippen LogP contribution is -2.17. The number of thioether (sulfide) groups is 1. The average molecular weight is 285 g/mol. The summed E-state index contributed by atoms with van der Waals surface area (Å²) >= 11 is 1.44. The third-order valence-corrected chi connectivity index (χ3v) is 3.57. The van der Waals surface area contributed by atoms with Crippen LogP contribution in [0.3, 0.4) is 0 Å². The fourth-order valence-electron chi connectivity index (χ4n) is 1.52. The molecule has 1 heterocycles. The smallest absolute Gasteiger partial charge is 0.258 e. The van der Waals surface area contributed by atoms with Crippen LogP contribution in [-0.4, -0.2) is 46.4 Å². The van der Waals surface area contributed by atoms with Gasteiger partial charge in [0, 0.05) is 12.3 Å². The molecule has 0 fully saturated rings. The predicted octanol–water partition coefficient (Wildman–Crippen LogP) is 1.72. The summed E-state index contributed by atoms with van der Waals surface area (Å²) in [5.41, 5.74) is 0.172. The number of aromatic amines is 1. The van der Waals surface area contributed by atoms with Crippen molar-refractivity contribution < 1.29 is 5.11 Å². The molecular formula is C13H23N3O2S. The monoisotopic (exact) mass is 285 g/mol. The van der Waals surface area contributed by atoms with Crippen molar-refractivity contribution in [3.63, 3.8) is 0 Å². The second kappa shape index (κ2) is 7.55. The molecule has 0 bridgehead atoms. The lowest BCUT2D eigenvalue weighted by Gasteiger charge is -2.09. The first-order chi connectivity index (χ1) is 8.90. The normalized spacial score (nSPS) is 11.5. The molecule has 2 N–H and O–H groups in total. The van der Waals surface area contributed by atoms with Gasteiger partial charge in [-0.2, -0.15) is 4.98 Å². The number of aromatic hydroxyl groups is 1. The highest BCUT2D eigenvalue weighted by Crippen LogP contribution is 2.18. The second-order valence-electron chi connectivity index (χ2n) is 5.26. The number of nitrogens with one attached hydrogen (secondary N) is 1. The Kier molecular flexibility index (Phi) is 6.37. The molecule has 5 nitrogen and oxygen atoms in total. The van der Waals surface area contributed by atoms with Gasteiger partial charge in [-0.1, -0.05) is 25.6 Å². The Morgan fingerprint density at radius 2 is 2.11 bits per heavy atom. The zero-order valence-corrected chi connectivity index (χ0v) is 12.9. The van der Waals surface area contributed by atoms with E-state index in [0.717, 1.165) is 18.7 Å². The Hall–Kier alpha value is -1.01. The first kappa shape index (κ1) is 16.0. The second-order valence-corrected chi connectivity index (χ2v) is 6.34. The Balaban J connectivity index is 2.71. The molecule has 19 heavy (non-hydrogen) atoms. The van der Waals surface area contributed by atoms with Crippen LogP contribution >= 0.6 is 11.8 Å². The molecule has 108 valence electrons. The number of hydrogen-bond donors (Lipinski definition) is 2. The van der Waals surface area contributed by atoms with E-state index in [9.17, 15) is 9.90 Å². The van der Waals surface area contributed by atoms with E-state index in [-0.39, 0.29) is 11.4 Å². The summed E-state index contributed by atoms with van der Waals surface area (Å²) in [4.78, 5) is 20.7. The van der Waals surface area contributed by atoms with E-state index in [2.05, 4.69) is 28.7 Å². The molecule has 0 aliphatic rings. The summed E-state index contributed by atoms with van der Waals surface area (Å²) in [6.45, 7) is 5.07. The lowest BCUT2D eigenvalue weighted by molar-refractivity contribution is 0.430. The zero-order chi connectivity index (χ0) is 14.4. The van der Waals surface area contributed by atoms with E-state index in [1.165, 1.54) is 11.8 Å². The van der Waals surface area contributed by atoms with Crippen LogP contribution in [0.2, 0.25) is 0 Å². The molecule has 1 aromatic rings. The maximum Gasteiger partial charge on any atom is 0.258 e. The minimum absolute atomic E-state index is 0.128. The molecule has 0 aliphatic carbocycles. The fraction of sp³-hybridized carbons (Fsp3) is 0.692. The van der Waals surface area contributed by atoms with Crippen LogP contribution in [0.25, 0.3) is 0 Å². The highest BCUT2D eigenvalue weighted by Gasteiger charge is 2.11. The molecule has 0 amide bonds. The number of hydrogen-bond acceptors (Lipinski definition) is 5. The molecule has 0 saturated carbocycles. The van der Waals surface area contributed by atoms with E-state index < -0.39 is 0 Å².